The van der Waals surface area contributed by atoms with E-state index in [0.29, 0.717) is 17.7 Å². The van der Waals surface area contributed by atoms with Crippen molar-refractivity contribution < 1.29 is 74.7 Å². The zero-order valence-electron chi connectivity index (χ0n) is 29.4. The lowest BCUT2D eigenvalue weighted by Gasteiger charge is -2.17. The number of halogens is 14. The summed E-state index contributed by atoms with van der Waals surface area (Å²) in [5, 5.41) is 1.28. The van der Waals surface area contributed by atoms with E-state index in [1.54, 1.807) is 36.4 Å². The lowest BCUT2D eigenvalue weighted by molar-refractivity contribution is -0.171. The minimum atomic E-state index is -4.70. The number of benzene rings is 4. The molecule has 4 nitrogen and oxygen atoms in total. The van der Waals surface area contributed by atoms with E-state index >= 15 is 0 Å². The maximum atomic E-state index is 13.1. The van der Waals surface area contributed by atoms with Gasteiger partial charge in [0.2, 0.25) is 0 Å². The number of nitrogen functional groups attached to an aromatic ring is 1. The van der Waals surface area contributed by atoms with Gasteiger partial charge in [0, 0.05) is 16.9 Å². The van der Waals surface area contributed by atoms with Crippen molar-refractivity contribution in [2.45, 2.75) is 71.7 Å². The lowest BCUT2D eigenvalue weighted by Crippen LogP contribution is -3.00. The fourth-order valence-corrected chi connectivity index (χ4v) is 4.88. The molecule has 0 aliphatic rings. The largest absolute Gasteiger partial charge is 1.00 e. The Balaban J connectivity index is 0.000000888. The van der Waals surface area contributed by atoms with Gasteiger partial charge < -0.3 is 23.5 Å². The summed E-state index contributed by atoms with van der Waals surface area (Å²) >= 11 is 4.98. The maximum absolute atomic E-state index is 13.1. The third kappa shape index (κ3) is 17.3. The molecule has 0 aromatic heterocycles. The first kappa shape index (κ1) is 52.6. The van der Waals surface area contributed by atoms with Gasteiger partial charge in [0.1, 0.15) is 0 Å². The third-order valence-electron chi connectivity index (χ3n) is 8.05. The number of anilines is 2. The van der Waals surface area contributed by atoms with Gasteiger partial charge >= 0.3 is 24.7 Å². The SMILES string of the molecule is C.CC(CCc1ccccc1N)C(F)(F)F.CC(CCc1ccccc1NC(=O)c1ccccc1C(F)(F)F)C(F)(F)F.O=C(Cl)c1ccccc1C(F)(F)F.[Cl-]. The van der Waals surface area contributed by atoms with Gasteiger partial charge in [-0.25, -0.2) is 0 Å². The highest BCUT2D eigenvalue weighted by Crippen LogP contribution is 2.35. The molecular weight excluding hydrogens is 827 g/mol. The number of para-hydroxylation sites is 2. The van der Waals surface area contributed by atoms with Crippen molar-refractivity contribution in [2.75, 3.05) is 11.1 Å². The zero-order valence-corrected chi connectivity index (χ0v) is 30.9. The molecule has 0 fully saturated rings. The molecule has 18 heteroatoms. The molecule has 1 amide bonds. The van der Waals surface area contributed by atoms with Crippen LogP contribution in [0.5, 0.6) is 0 Å². The zero-order chi connectivity index (χ0) is 41.8. The molecule has 2 atom stereocenters. The van der Waals surface area contributed by atoms with Crippen LogP contribution in [-0.4, -0.2) is 23.5 Å². The highest BCUT2D eigenvalue weighted by molar-refractivity contribution is 6.67. The van der Waals surface area contributed by atoms with Crippen LogP contribution in [0.1, 0.15) is 77.1 Å². The van der Waals surface area contributed by atoms with Gasteiger partial charge in [-0.15, -0.1) is 0 Å². The summed E-state index contributed by atoms with van der Waals surface area (Å²) in [7, 11) is 0. The molecule has 2 unspecified atom stereocenters. The first-order chi connectivity index (χ1) is 25.3. The van der Waals surface area contributed by atoms with Gasteiger partial charge in [-0.1, -0.05) is 81.9 Å². The number of nitrogens with one attached hydrogen (secondary N) is 1. The molecule has 0 spiro atoms. The van der Waals surface area contributed by atoms with E-state index in [1.165, 1.54) is 43.3 Å². The first-order valence-electron chi connectivity index (χ1n) is 16.2. The summed E-state index contributed by atoms with van der Waals surface area (Å²) in [6, 6.07) is 21.8. The Morgan fingerprint density at radius 1 is 0.596 bits per heavy atom. The quantitative estimate of drug-likeness (QED) is 0.100. The van der Waals surface area contributed by atoms with Crippen LogP contribution in [0.4, 0.5) is 64.1 Å². The summed E-state index contributed by atoms with van der Waals surface area (Å²) in [6.07, 6.45) is -17.4. The Morgan fingerprint density at radius 3 is 1.39 bits per heavy atom. The Bertz CT molecular complexity index is 1860. The molecule has 0 saturated carbocycles. The standard InChI is InChI=1S/C19H17F6NO.C11H14F3N.C8H4ClF3O.CH4.ClH/c1-12(18(20,21)22)10-11-13-6-2-5-9-16(13)26-17(27)14-7-3-4-8-15(14)19(23,24)25;1-8(11(12,13)14)6-7-9-4-2-3-5-10(9)15;9-7(13)5-3-1-2-4-6(5)8(10,11)12;;/h2-9,12H,10-11H2,1H3,(H,26,27);2-5,8H,6-7,15H2,1H3;1-4H;1H4;1H/p-1. The summed E-state index contributed by atoms with van der Waals surface area (Å²) in [4.78, 5) is 22.9. The van der Waals surface area contributed by atoms with Crippen molar-refractivity contribution in [1.82, 2.24) is 0 Å². The number of amides is 1. The molecule has 4 aromatic rings. The fraction of sp³-hybridized carbons (Fsp3) is 0.333. The summed E-state index contributed by atoms with van der Waals surface area (Å²) in [5.74, 6) is -3.79. The van der Waals surface area contributed by atoms with Crippen LogP contribution in [0.15, 0.2) is 97.1 Å². The molecule has 316 valence electrons. The van der Waals surface area contributed by atoms with Crippen LogP contribution >= 0.6 is 11.6 Å². The highest BCUT2D eigenvalue weighted by Gasteiger charge is 2.37. The summed E-state index contributed by atoms with van der Waals surface area (Å²) < 4.78 is 150. The van der Waals surface area contributed by atoms with E-state index in [-0.39, 0.29) is 44.8 Å². The minimum absolute atomic E-state index is 0. The van der Waals surface area contributed by atoms with Crippen LogP contribution in [0, 0.1) is 11.8 Å². The van der Waals surface area contributed by atoms with Crippen LogP contribution in [-0.2, 0) is 25.2 Å². The Kier molecular flexibility index (Phi) is 20.7. The molecule has 57 heavy (non-hydrogen) atoms. The van der Waals surface area contributed by atoms with Crippen molar-refractivity contribution in [2.24, 2.45) is 11.8 Å². The predicted octanol–water partition coefficient (Wildman–Crippen LogP) is 10.2. The molecular formula is C39H39Cl2F12N2O2-. The molecule has 4 rings (SSSR count). The normalized spacial score (nSPS) is 12.5. The molecule has 4 aromatic carbocycles. The summed E-state index contributed by atoms with van der Waals surface area (Å²) in [5.41, 5.74) is 4.44. The maximum Gasteiger partial charge on any atom is 0.417 e. The first-order valence-corrected chi connectivity index (χ1v) is 16.6. The van der Waals surface area contributed by atoms with Gasteiger partial charge in [0.25, 0.3) is 11.1 Å². The number of carbonyl (C=O) groups is 2. The van der Waals surface area contributed by atoms with Crippen LogP contribution in [0.2, 0.25) is 0 Å². The monoisotopic (exact) mass is 865 g/mol. The second-order valence-electron chi connectivity index (χ2n) is 12.1. The molecule has 0 aliphatic carbocycles. The topological polar surface area (TPSA) is 72.2 Å². The van der Waals surface area contributed by atoms with Crippen molar-refractivity contribution in [3.05, 3.63) is 130 Å². The van der Waals surface area contributed by atoms with E-state index < -0.39 is 69.9 Å². The van der Waals surface area contributed by atoms with Crippen LogP contribution in [0.3, 0.4) is 0 Å². The average molecular weight is 867 g/mol. The highest BCUT2D eigenvalue weighted by atomic mass is 35.5. The number of alkyl halides is 12. The van der Waals surface area contributed by atoms with Gasteiger partial charge in [-0.05, 0) is 84.8 Å². The van der Waals surface area contributed by atoms with E-state index in [2.05, 4.69) is 5.32 Å². The molecule has 3 N–H and O–H groups in total. The summed E-state index contributed by atoms with van der Waals surface area (Å²) in [6.45, 7) is 2.25. The second-order valence-corrected chi connectivity index (χ2v) is 12.5. The number of hydrogen-bond acceptors (Lipinski definition) is 3. The minimum Gasteiger partial charge on any atom is -1.00 e. The Labute approximate surface area is 333 Å². The number of hydrogen-bond donors (Lipinski definition) is 2. The third-order valence-corrected chi connectivity index (χ3v) is 8.26. The van der Waals surface area contributed by atoms with Crippen LogP contribution < -0.4 is 23.5 Å². The predicted molar refractivity (Wildman–Crippen MR) is 192 cm³/mol. The molecule has 0 heterocycles. The number of rotatable bonds is 9. The molecule has 0 saturated heterocycles. The molecule has 0 radical (unpaired) electrons. The van der Waals surface area contributed by atoms with Gasteiger partial charge in [-0.2, -0.15) is 52.7 Å². The van der Waals surface area contributed by atoms with E-state index in [4.69, 9.17) is 17.3 Å². The lowest BCUT2D eigenvalue weighted by atomic mass is 9.99. The van der Waals surface area contributed by atoms with Gasteiger partial charge in [0.15, 0.2) is 0 Å². The van der Waals surface area contributed by atoms with E-state index in [1.807, 2.05) is 0 Å². The van der Waals surface area contributed by atoms with Crippen molar-refractivity contribution in [3.8, 4) is 0 Å². The van der Waals surface area contributed by atoms with Gasteiger partial charge in [-0.3, -0.25) is 9.59 Å². The van der Waals surface area contributed by atoms with Gasteiger partial charge in [0.05, 0.1) is 28.5 Å². The second kappa shape index (κ2) is 22.5. The van der Waals surface area contributed by atoms with Crippen molar-refractivity contribution in [1.29, 1.82) is 0 Å². The van der Waals surface area contributed by atoms with Crippen molar-refractivity contribution in [3.63, 3.8) is 0 Å². The Morgan fingerprint density at radius 2 is 0.965 bits per heavy atom. The van der Waals surface area contributed by atoms with Crippen LogP contribution in [0.25, 0.3) is 0 Å². The molecule has 0 bridgehead atoms. The van der Waals surface area contributed by atoms with E-state index in [0.717, 1.165) is 36.8 Å². The number of carbonyl (C=O) groups excluding carboxylic acids is 2. The Hall–Kier alpha value is -4.44. The molecule has 0 aliphatic heterocycles. The average Bonchev–Trinajstić information content (AvgIpc) is 3.09. The number of nitrogens with two attached hydrogens (primary N) is 1. The fourth-order valence-electron chi connectivity index (χ4n) is 4.71. The number of aryl methyl sites for hydroxylation is 2. The van der Waals surface area contributed by atoms with E-state index in [9.17, 15) is 62.3 Å². The van der Waals surface area contributed by atoms with Crippen molar-refractivity contribution >= 4 is 34.1 Å². The smallest absolute Gasteiger partial charge is 0.417 e.